The van der Waals surface area contributed by atoms with Crippen LogP contribution in [0.25, 0.3) is 0 Å². The van der Waals surface area contributed by atoms with Crippen molar-refractivity contribution in [3.63, 3.8) is 0 Å². The minimum absolute atomic E-state index is 0.525. The topological polar surface area (TPSA) is 3.01 Å². The van der Waals surface area contributed by atoms with Gasteiger partial charge in [-0.25, -0.2) is 0 Å². The quantitative estimate of drug-likeness (QED) is 0.347. The molecule has 3 atom stereocenters. The highest BCUT2D eigenvalue weighted by molar-refractivity contribution is 5.27. The number of hydrogen-bond donors (Lipinski definition) is 0. The van der Waals surface area contributed by atoms with Crippen LogP contribution in [0.15, 0.2) is 12.2 Å². The van der Waals surface area contributed by atoms with Gasteiger partial charge in [0.05, 0.1) is 0 Å². The monoisotopic (exact) mass is 123 g/mol. The number of hydrogen-bond acceptors (Lipinski definition) is 1. The smallest absolute Gasteiger partial charge is 0.0378 e. The third kappa shape index (κ3) is 0.485. The van der Waals surface area contributed by atoms with Crippen LogP contribution in [0.3, 0.4) is 0 Å². The van der Waals surface area contributed by atoms with E-state index < -0.39 is 0 Å². The zero-order valence-electron chi connectivity index (χ0n) is 6.15. The van der Waals surface area contributed by atoms with E-state index in [9.17, 15) is 0 Å². The van der Waals surface area contributed by atoms with Gasteiger partial charge in [-0.15, -0.1) is 0 Å². The molecule has 2 fully saturated rings. The predicted molar refractivity (Wildman–Crippen MR) is 38.3 cm³/mol. The summed E-state index contributed by atoms with van der Waals surface area (Å²) in [5.74, 6) is 0. The molecule has 50 valence electrons. The van der Waals surface area contributed by atoms with E-state index >= 15 is 0 Å². The fraction of sp³-hybridized carbons (Fsp3) is 0.750. The van der Waals surface area contributed by atoms with Crippen LogP contribution in [0.4, 0.5) is 0 Å². The van der Waals surface area contributed by atoms with E-state index in [1.807, 2.05) is 0 Å². The molecule has 0 N–H and O–H groups in total. The van der Waals surface area contributed by atoms with Crippen LogP contribution in [0.2, 0.25) is 0 Å². The van der Waals surface area contributed by atoms with Crippen molar-refractivity contribution >= 4 is 0 Å². The minimum Gasteiger partial charge on any atom is -0.288 e. The van der Waals surface area contributed by atoms with Gasteiger partial charge in [0.15, 0.2) is 0 Å². The van der Waals surface area contributed by atoms with Crippen LogP contribution in [0.5, 0.6) is 0 Å². The van der Waals surface area contributed by atoms with Crippen molar-refractivity contribution in [2.75, 3.05) is 6.54 Å². The second-order valence-corrected chi connectivity index (χ2v) is 3.59. The zero-order chi connectivity index (χ0) is 6.65. The molecule has 0 aliphatic carbocycles. The summed E-state index contributed by atoms with van der Waals surface area (Å²) in [7, 11) is 0. The SMILES string of the molecule is C=C1CN2C(C)[C@@]2(C)C1. The molecule has 9 heavy (non-hydrogen) atoms. The summed E-state index contributed by atoms with van der Waals surface area (Å²) < 4.78 is 0. The maximum Gasteiger partial charge on any atom is 0.0378 e. The van der Waals surface area contributed by atoms with E-state index in [1.54, 1.807) is 0 Å². The Morgan fingerprint density at radius 3 is 2.78 bits per heavy atom. The third-order valence-electron chi connectivity index (χ3n) is 2.96. The van der Waals surface area contributed by atoms with E-state index in [-0.39, 0.29) is 0 Å². The molecule has 1 nitrogen and oxygen atoms in total. The van der Waals surface area contributed by atoms with Crippen molar-refractivity contribution in [2.24, 2.45) is 0 Å². The van der Waals surface area contributed by atoms with E-state index in [0.29, 0.717) is 5.54 Å². The Balaban J connectivity index is 2.20. The summed E-state index contributed by atoms with van der Waals surface area (Å²) in [5, 5.41) is 0. The molecule has 0 bridgehead atoms. The highest BCUT2D eigenvalue weighted by atomic mass is 15.4. The first-order chi connectivity index (χ1) is 4.14. The largest absolute Gasteiger partial charge is 0.288 e. The van der Waals surface area contributed by atoms with Crippen molar-refractivity contribution in [2.45, 2.75) is 31.8 Å². The molecular formula is C8H13N. The first-order valence-electron chi connectivity index (χ1n) is 3.58. The zero-order valence-corrected chi connectivity index (χ0v) is 6.15. The minimum atomic E-state index is 0.525. The molecule has 2 heterocycles. The van der Waals surface area contributed by atoms with Crippen LogP contribution in [0, 0.1) is 0 Å². The Labute approximate surface area is 56.4 Å². The van der Waals surface area contributed by atoms with Gasteiger partial charge in [-0.1, -0.05) is 12.2 Å². The Morgan fingerprint density at radius 2 is 2.44 bits per heavy atom. The molecule has 0 aromatic heterocycles. The van der Waals surface area contributed by atoms with Gasteiger partial charge < -0.3 is 0 Å². The van der Waals surface area contributed by atoms with Crippen LogP contribution < -0.4 is 0 Å². The van der Waals surface area contributed by atoms with E-state index in [2.05, 4.69) is 25.3 Å². The molecule has 2 saturated heterocycles. The van der Waals surface area contributed by atoms with Gasteiger partial charge in [0.1, 0.15) is 0 Å². The molecule has 2 aliphatic rings. The lowest BCUT2D eigenvalue weighted by Crippen LogP contribution is -2.05. The molecule has 0 saturated carbocycles. The van der Waals surface area contributed by atoms with Crippen molar-refractivity contribution in [1.29, 1.82) is 0 Å². The molecule has 0 aromatic carbocycles. The number of fused-ring (bicyclic) bond motifs is 1. The molecule has 2 rings (SSSR count). The Hall–Kier alpha value is -0.300. The summed E-state index contributed by atoms with van der Waals surface area (Å²) in [6.45, 7) is 9.75. The molecule has 0 amide bonds. The highest BCUT2D eigenvalue weighted by Gasteiger charge is 2.59. The van der Waals surface area contributed by atoms with Gasteiger partial charge in [0.2, 0.25) is 0 Å². The normalized spacial score (nSPS) is 55.6. The van der Waals surface area contributed by atoms with Crippen molar-refractivity contribution in [1.82, 2.24) is 4.90 Å². The average Bonchev–Trinajstić information content (AvgIpc) is 2.23. The number of nitrogens with zero attached hydrogens (tertiary/aromatic N) is 1. The van der Waals surface area contributed by atoms with Gasteiger partial charge in [-0.2, -0.15) is 0 Å². The van der Waals surface area contributed by atoms with Crippen LogP contribution in [-0.4, -0.2) is 23.0 Å². The number of piperidine rings is 1. The maximum absolute atomic E-state index is 3.97. The van der Waals surface area contributed by atoms with Gasteiger partial charge in [0.25, 0.3) is 0 Å². The van der Waals surface area contributed by atoms with Crippen molar-refractivity contribution in [3.8, 4) is 0 Å². The van der Waals surface area contributed by atoms with Crippen LogP contribution >= 0.6 is 0 Å². The average molecular weight is 123 g/mol. The Morgan fingerprint density at radius 1 is 1.78 bits per heavy atom. The fourth-order valence-corrected chi connectivity index (χ4v) is 2.06. The molecule has 2 aliphatic heterocycles. The van der Waals surface area contributed by atoms with Gasteiger partial charge in [0, 0.05) is 18.1 Å². The van der Waals surface area contributed by atoms with Gasteiger partial charge in [-0.3, -0.25) is 4.90 Å². The lowest BCUT2D eigenvalue weighted by molar-refractivity contribution is 0.520. The summed E-state index contributed by atoms with van der Waals surface area (Å²) in [4.78, 5) is 2.51. The van der Waals surface area contributed by atoms with E-state index in [4.69, 9.17) is 0 Å². The maximum atomic E-state index is 3.97. The summed E-state index contributed by atoms with van der Waals surface area (Å²) in [6, 6.07) is 0.822. The molecule has 0 aromatic rings. The summed E-state index contributed by atoms with van der Waals surface area (Å²) in [6.07, 6.45) is 1.23. The number of rotatable bonds is 0. The van der Waals surface area contributed by atoms with Crippen LogP contribution in [0.1, 0.15) is 20.3 Å². The molecule has 0 radical (unpaired) electrons. The highest BCUT2D eigenvalue weighted by Crippen LogP contribution is 2.50. The van der Waals surface area contributed by atoms with Crippen molar-refractivity contribution < 1.29 is 0 Å². The molecular weight excluding hydrogens is 110 g/mol. The standard InChI is InChI=1S/C8H13N/c1-6-4-8(3)7(2)9(8)5-6/h7H,1,4-5H2,2-3H3/t7?,8-,9?/m1/s1. The van der Waals surface area contributed by atoms with Gasteiger partial charge in [-0.05, 0) is 20.3 Å². The fourth-order valence-electron chi connectivity index (χ4n) is 2.06. The first-order valence-corrected chi connectivity index (χ1v) is 3.58. The Kier molecular flexibility index (Phi) is 0.755. The van der Waals surface area contributed by atoms with Crippen molar-refractivity contribution in [3.05, 3.63) is 12.2 Å². The lowest BCUT2D eigenvalue weighted by atomic mass is 10.0. The molecule has 2 unspecified atom stereocenters. The third-order valence-corrected chi connectivity index (χ3v) is 2.96. The second kappa shape index (κ2) is 1.24. The van der Waals surface area contributed by atoms with E-state index in [1.165, 1.54) is 12.0 Å². The van der Waals surface area contributed by atoms with E-state index in [0.717, 1.165) is 12.6 Å². The van der Waals surface area contributed by atoms with Crippen LogP contribution in [-0.2, 0) is 0 Å². The first kappa shape index (κ1) is 5.48. The van der Waals surface area contributed by atoms with Gasteiger partial charge >= 0.3 is 0 Å². The molecule has 0 spiro atoms. The summed E-state index contributed by atoms with van der Waals surface area (Å²) >= 11 is 0. The molecule has 1 heteroatoms. The lowest BCUT2D eigenvalue weighted by Gasteiger charge is -2.00. The predicted octanol–water partition coefficient (Wildman–Crippen LogP) is 1.41. The summed E-state index contributed by atoms with van der Waals surface area (Å²) in [5.41, 5.74) is 1.94. The second-order valence-electron chi connectivity index (χ2n) is 3.59. The Bertz CT molecular complexity index is 173.